The van der Waals surface area contributed by atoms with Crippen LogP contribution in [0.5, 0.6) is 0 Å². The largest absolute Gasteiger partial charge is 0.411 e. The number of nitrogens with zero attached hydrogens (tertiary/aromatic N) is 1. The van der Waals surface area contributed by atoms with E-state index < -0.39 is 12.2 Å². The van der Waals surface area contributed by atoms with Crippen LogP contribution in [0.3, 0.4) is 0 Å². The maximum Gasteiger partial charge on any atom is 0.0799 e. The lowest BCUT2D eigenvalue weighted by Gasteiger charge is -2.59. The van der Waals surface area contributed by atoms with Crippen molar-refractivity contribution < 1.29 is 15.4 Å². The monoisotopic (exact) mass is 345 g/mol. The normalized spacial score (nSPS) is 49.6. The summed E-state index contributed by atoms with van der Waals surface area (Å²) in [4.78, 5) is 0. The van der Waals surface area contributed by atoms with Crippen molar-refractivity contribution >= 4 is 5.71 Å². The van der Waals surface area contributed by atoms with Gasteiger partial charge < -0.3 is 15.4 Å². The quantitative estimate of drug-likeness (QED) is 0.294. The van der Waals surface area contributed by atoms with E-state index in [-0.39, 0.29) is 10.8 Å². The van der Waals surface area contributed by atoms with E-state index in [9.17, 15) is 15.4 Å². The van der Waals surface area contributed by atoms with Gasteiger partial charge in [0.05, 0.1) is 17.9 Å². The third-order valence-corrected chi connectivity index (χ3v) is 8.30. The minimum atomic E-state index is -0.450. The molecule has 138 valence electrons. The maximum absolute atomic E-state index is 10.9. The molecular formula is C21H31NO3. The van der Waals surface area contributed by atoms with Crippen LogP contribution >= 0.6 is 0 Å². The lowest BCUT2D eigenvalue weighted by Crippen LogP contribution is -2.55. The number of fused-ring (bicyclic) bond motifs is 5. The van der Waals surface area contributed by atoms with Gasteiger partial charge in [-0.3, -0.25) is 0 Å². The predicted octanol–water partition coefficient (Wildman–Crippen LogP) is 3.67. The molecule has 4 aliphatic rings. The highest BCUT2D eigenvalue weighted by atomic mass is 16.4. The van der Waals surface area contributed by atoms with Crippen LogP contribution in [0.4, 0.5) is 0 Å². The van der Waals surface area contributed by atoms with Gasteiger partial charge in [-0.15, -0.1) is 0 Å². The Morgan fingerprint density at radius 2 is 1.92 bits per heavy atom. The first-order valence-corrected chi connectivity index (χ1v) is 9.77. The number of aliphatic hydroxyl groups excluding tert-OH is 2. The highest BCUT2D eigenvalue weighted by Crippen LogP contribution is 2.65. The molecule has 0 aliphatic heterocycles. The van der Waals surface area contributed by atoms with Crippen molar-refractivity contribution in [1.29, 1.82) is 0 Å². The SMILES string of the molecule is C/C(=N/O)C1=CC[C@@H]2[C@H]3CC=C4C[C@@H](O)C[C@@H](O)[C@]4(C)[C@@H]3CC[C@@]12C. The summed E-state index contributed by atoms with van der Waals surface area (Å²) < 4.78 is 0. The Morgan fingerprint density at radius 1 is 1.16 bits per heavy atom. The molecule has 4 heteroatoms. The average Bonchev–Trinajstić information content (AvgIpc) is 2.93. The summed E-state index contributed by atoms with van der Waals surface area (Å²) in [7, 11) is 0. The third-order valence-electron chi connectivity index (χ3n) is 8.30. The van der Waals surface area contributed by atoms with Gasteiger partial charge in [0, 0.05) is 11.8 Å². The summed E-state index contributed by atoms with van der Waals surface area (Å²) >= 11 is 0. The molecular weight excluding hydrogens is 314 g/mol. The summed E-state index contributed by atoms with van der Waals surface area (Å²) in [5.74, 6) is 1.58. The van der Waals surface area contributed by atoms with Crippen molar-refractivity contribution in [3.8, 4) is 0 Å². The summed E-state index contributed by atoms with van der Waals surface area (Å²) in [5, 5.41) is 33.7. The maximum atomic E-state index is 10.9. The van der Waals surface area contributed by atoms with Crippen LogP contribution in [0.25, 0.3) is 0 Å². The Bertz CT molecular complexity index is 666. The van der Waals surface area contributed by atoms with Gasteiger partial charge in [0.2, 0.25) is 0 Å². The number of allylic oxidation sites excluding steroid dienone is 3. The van der Waals surface area contributed by atoms with E-state index in [1.165, 1.54) is 11.1 Å². The van der Waals surface area contributed by atoms with Crippen LogP contribution in [-0.2, 0) is 0 Å². The number of hydrogen-bond donors (Lipinski definition) is 3. The third kappa shape index (κ3) is 2.23. The first-order valence-electron chi connectivity index (χ1n) is 9.77. The van der Waals surface area contributed by atoms with Crippen LogP contribution < -0.4 is 0 Å². The van der Waals surface area contributed by atoms with Crippen LogP contribution in [0.15, 0.2) is 28.5 Å². The van der Waals surface area contributed by atoms with E-state index in [1.54, 1.807) is 0 Å². The Morgan fingerprint density at radius 3 is 2.64 bits per heavy atom. The Balaban J connectivity index is 1.69. The molecule has 0 aromatic heterocycles. The number of aliphatic hydroxyl groups is 2. The van der Waals surface area contributed by atoms with E-state index >= 15 is 0 Å². The fourth-order valence-electron chi connectivity index (χ4n) is 6.88. The van der Waals surface area contributed by atoms with Gasteiger partial charge in [-0.25, -0.2) is 0 Å². The first kappa shape index (κ1) is 17.3. The van der Waals surface area contributed by atoms with Gasteiger partial charge in [-0.05, 0) is 67.8 Å². The lowest BCUT2D eigenvalue weighted by atomic mass is 9.46. The van der Waals surface area contributed by atoms with E-state index in [4.69, 9.17) is 0 Å². The summed E-state index contributed by atoms with van der Waals surface area (Å²) in [5.41, 5.74) is 3.15. The van der Waals surface area contributed by atoms with Crippen LogP contribution in [0.2, 0.25) is 0 Å². The zero-order valence-corrected chi connectivity index (χ0v) is 15.6. The molecule has 3 N–H and O–H groups in total. The van der Waals surface area contributed by atoms with Crippen molar-refractivity contribution in [2.45, 2.75) is 71.5 Å². The molecule has 0 aromatic carbocycles. The summed E-state index contributed by atoms with van der Waals surface area (Å²) in [6, 6.07) is 0. The highest BCUT2D eigenvalue weighted by Gasteiger charge is 2.59. The van der Waals surface area contributed by atoms with Crippen LogP contribution in [0.1, 0.15) is 59.3 Å². The molecule has 4 rings (SSSR count). The fourth-order valence-corrected chi connectivity index (χ4v) is 6.88. The van der Waals surface area contributed by atoms with Gasteiger partial charge in [-0.2, -0.15) is 0 Å². The summed E-state index contributed by atoms with van der Waals surface area (Å²) in [6.45, 7) is 6.47. The molecule has 2 saturated carbocycles. The van der Waals surface area contributed by atoms with E-state index in [0.29, 0.717) is 24.2 Å². The van der Waals surface area contributed by atoms with Gasteiger partial charge in [0.15, 0.2) is 0 Å². The smallest absolute Gasteiger partial charge is 0.0799 e. The minimum absolute atomic E-state index is 0.0817. The second-order valence-corrected chi connectivity index (χ2v) is 9.23. The zero-order valence-electron chi connectivity index (χ0n) is 15.6. The molecule has 4 nitrogen and oxygen atoms in total. The molecule has 2 fully saturated rings. The predicted molar refractivity (Wildman–Crippen MR) is 97.5 cm³/mol. The molecule has 7 atom stereocenters. The van der Waals surface area contributed by atoms with Gasteiger partial charge in [-0.1, -0.05) is 36.7 Å². The van der Waals surface area contributed by atoms with E-state index in [2.05, 4.69) is 31.2 Å². The minimum Gasteiger partial charge on any atom is -0.411 e. The van der Waals surface area contributed by atoms with Gasteiger partial charge in [0.1, 0.15) is 0 Å². The fraction of sp³-hybridized carbons (Fsp3) is 0.762. The second-order valence-electron chi connectivity index (χ2n) is 9.23. The van der Waals surface area contributed by atoms with Crippen LogP contribution in [-0.4, -0.2) is 33.3 Å². The molecule has 25 heavy (non-hydrogen) atoms. The summed E-state index contributed by atoms with van der Waals surface area (Å²) in [6.07, 6.45) is 9.23. The first-order chi connectivity index (χ1) is 11.8. The van der Waals surface area contributed by atoms with Gasteiger partial charge >= 0.3 is 0 Å². The molecule has 0 radical (unpaired) electrons. The molecule has 0 aromatic rings. The molecule has 0 amide bonds. The number of oxime groups is 1. The standard InChI is InChI=1S/C21H31NO3/c1-12(22-25)16-6-7-17-15-5-4-13-10-14(23)11-19(24)21(13,3)18(15)8-9-20(16,17)2/h4,6,14-15,17-19,23-25H,5,7-11H2,1-3H3/b22-12-/t14-,15-,17-,18-,19-,20+,21+/m1/s1. The molecule has 0 unspecified atom stereocenters. The van der Waals surface area contributed by atoms with Crippen molar-refractivity contribution in [3.05, 3.63) is 23.3 Å². The van der Waals surface area contributed by atoms with Crippen molar-refractivity contribution in [2.24, 2.45) is 33.7 Å². The molecule has 0 bridgehead atoms. The molecule has 0 spiro atoms. The highest BCUT2D eigenvalue weighted by molar-refractivity contribution is 5.99. The number of rotatable bonds is 1. The molecule has 0 saturated heterocycles. The molecule has 4 aliphatic carbocycles. The van der Waals surface area contributed by atoms with Crippen LogP contribution in [0, 0.1) is 28.6 Å². The topological polar surface area (TPSA) is 73.1 Å². The van der Waals surface area contributed by atoms with Crippen molar-refractivity contribution in [2.75, 3.05) is 0 Å². The van der Waals surface area contributed by atoms with E-state index in [0.717, 1.165) is 37.8 Å². The Hall–Kier alpha value is -1.13. The average molecular weight is 345 g/mol. The van der Waals surface area contributed by atoms with Gasteiger partial charge in [0.25, 0.3) is 0 Å². The lowest BCUT2D eigenvalue weighted by molar-refractivity contribution is -0.0959. The second kappa shape index (κ2) is 5.68. The van der Waals surface area contributed by atoms with E-state index in [1.807, 2.05) is 6.92 Å². The molecule has 0 heterocycles. The van der Waals surface area contributed by atoms with Crippen molar-refractivity contribution in [3.63, 3.8) is 0 Å². The Kier molecular flexibility index (Phi) is 3.93. The number of hydrogen-bond acceptors (Lipinski definition) is 4. The Labute approximate surface area is 150 Å². The van der Waals surface area contributed by atoms with Crippen molar-refractivity contribution in [1.82, 2.24) is 0 Å². The zero-order chi connectivity index (χ0) is 18.0.